The number of alkyl halides is 2. The van der Waals surface area contributed by atoms with Crippen molar-refractivity contribution < 1.29 is 13.5 Å². The summed E-state index contributed by atoms with van der Waals surface area (Å²) in [5.41, 5.74) is 3.90. The molecule has 0 aliphatic carbocycles. The molecule has 0 saturated carbocycles. The number of nitrogens with zero attached hydrogens (tertiary/aromatic N) is 2. The number of pyridine rings is 1. The van der Waals surface area contributed by atoms with E-state index in [1.807, 2.05) is 18.2 Å². The zero-order chi connectivity index (χ0) is 18.8. The van der Waals surface area contributed by atoms with Gasteiger partial charge in [0.15, 0.2) is 0 Å². The minimum Gasteiger partial charge on any atom is -0.495 e. The molecule has 0 aliphatic heterocycles. The van der Waals surface area contributed by atoms with Crippen LogP contribution in [0.5, 0.6) is 5.75 Å². The molecule has 2 heterocycles. The molecule has 2 N–H and O–H groups in total. The maximum absolute atomic E-state index is 12.9. The van der Waals surface area contributed by atoms with Crippen LogP contribution in [0.4, 0.5) is 20.2 Å². The highest BCUT2D eigenvalue weighted by Gasteiger charge is 2.12. The minimum absolute atomic E-state index is 0.0470. The third-order valence-electron chi connectivity index (χ3n) is 4.32. The third kappa shape index (κ3) is 3.31. The lowest BCUT2D eigenvalue weighted by Crippen LogP contribution is -1.97. The molecule has 0 saturated heterocycles. The van der Waals surface area contributed by atoms with E-state index in [0.717, 1.165) is 27.9 Å². The van der Waals surface area contributed by atoms with E-state index in [-0.39, 0.29) is 5.56 Å². The number of ether oxygens (including phenoxy) is 1. The molecule has 0 fully saturated rings. The van der Waals surface area contributed by atoms with Crippen LogP contribution >= 0.6 is 0 Å². The second-order valence-corrected chi connectivity index (χ2v) is 5.96. The van der Waals surface area contributed by atoms with E-state index in [0.29, 0.717) is 11.3 Å². The predicted molar refractivity (Wildman–Crippen MR) is 101 cm³/mol. The summed E-state index contributed by atoms with van der Waals surface area (Å²) < 4.78 is 31.4. The second-order valence-electron chi connectivity index (χ2n) is 5.96. The Morgan fingerprint density at radius 1 is 1.04 bits per heavy atom. The Kier molecular flexibility index (Phi) is 4.42. The molecule has 4 aromatic rings. The van der Waals surface area contributed by atoms with Gasteiger partial charge in [0.25, 0.3) is 6.43 Å². The lowest BCUT2D eigenvalue weighted by atomic mass is 10.1. The Balaban J connectivity index is 1.71. The van der Waals surface area contributed by atoms with Crippen molar-refractivity contribution >= 4 is 22.3 Å². The first-order chi connectivity index (χ1) is 13.2. The molecule has 0 unspecified atom stereocenters. The normalized spacial score (nSPS) is 11.1. The molecule has 5 nitrogen and oxygen atoms in total. The summed E-state index contributed by atoms with van der Waals surface area (Å²) in [4.78, 5) is 4.20. The van der Waals surface area contributed by atoms with Crippen LogP contribution in [0.3, 0.4) is 0 Å². The zero-order valence-corrected chi connectivity index (χ0v) is 14.4. The van der Waals surface area contributed by atoms with E-state index < -0.39 is 6.43 Å². The van der Waals surface area contributed by atoms with Gasteiger partial charge in [0, 0.05) is 34.6 Å². The summed E-state index contributed by atoms with van der Waals surface area (Å²) in [6.45, 7) is 0. The van der Waals surface area contributed by atoms with E-state index >= 15 is 0 Å². The van der Waals surface area contributed by atoms with E-state index in [2.05, 4.69) is 20.5 Å². The molecular formula is C20H16F2N4O. The largest absolute Gasteiger partial charge is 0.495 e. The van der Waals surface area contributed by atoms with Gasteiger partial charge in [0.2, 0.25) is 0 Å². The number of hydrogen-bond donors (Lipinski definition) is 2. The Morgan fingerprint density at radius 2 is 1.93 bits per heavy atom. The first-order valence-corrected chi connectivity index (χ1v) is 8.27. The lowest BCUT2D eigenvalue weighted by Gasteiger charge is -2.14. The van der Waals surface area contributed by atoms with Crippen molar-refractivity contribution in [2.45, 2.75) is 6.43 Å². The highest BCUT2D eigenvalue weighted by molar-refractivity contribution is 5.93. The fourth-order valence-corrected chi connectivity index (χ4v) is 2.94. The van der Waals surface area contributed by atoms with Crippen LogP contribution in [0.1, 0.15) is 12.0 Å². The van der Waals surface area contributed by atoms with Crippen LogP contribution in [-0.4, -0.2) is 22.3 Å². The first-order valence-electron chi connectivity index (χ1n) is 8.27. The highest BCUT2D eigenvalue weighted by Crippen LogP contribution is 2.34. The molecule has 27 heavy (non-hydrogen) atoms. The molecule has 0 atom stereocenters. The number of benzene rings is 2. The SMILES string of the molecule is COc1cc(-c2cn[nH]c2)ccc1Nc1ccnc2cc(C(F)F)ccc12. The average Bonchev–Trinajstić information content (AvgIpc) is 3.23. The number of H-pyrrole nitrogens is 1. The third-order valence-corrected chi connectivity index (χ3v) is 4.32. The monoisotopic (exact) mass is 366 g/mol. The van der Waals surface area contributed by atoms with Crippen LogP contribution in [0, 0.1) is 0 Å². The first kappa shape index (κ1) is 17.0. The van der Waals surface area contributed by atoms with Gasteiger partial charge in [-0.1, -0.05) is 18.2 Å². The van der Waals surface area contributed by atoms with Crippen LogP contribution < -0.4 is 10.1 Å². The van der Waals surface area contributed by atoms with Crippen molar-refractivity contribution in [3.8, 4) is 16.9 Å². The molecule has 0 amide bonds. The summed E-state index contributed by atoms with van der Waals surface area (Å²) in [6, 6.07) is 12.0. The number of nitrogens with one attached hydrogen (secondary N) is 2. The molecule has 4 rings (SSSR count). The Labute approximate surface area is 154 Å². The number of aromatic nitrogens is 3. The van der Waals surface area contributed by atoms with Crippen molar-refractivity contribution in [3.05, 3.63) is 66.6 Å². The van der Waals surface area contributed by atoms with Crippen molar-refractivity contribution in [2.24, 2.45) is 0 Å². The lowest BCUT2D eigenvalue weighted by molar-refractivity contribution is 0.151. The topological polar surface area (TPSA) is 62.8 Å². The minimum atomic E-state index is -2.52. The van der Waals surface area contributed by atoms with Gasteiger partial charge in [-0.15, -0.1) is 0 Å². The molecule has 2 aromatic heterocycles. The molecule has 0 bridgehead atoms. The maximum atomic E-state index is 12.9. The molecule has 0 aliphatic rings. The number of halogens is 2. The van der Waals surface area contributed by atoms with Gasteiger partial charge in [-0.3, -0.25) is 10.1 Å². The fraction of sp³-hybridized carbons (Fsp3) is 0.100. The molecule has 0 spiro atoms. The van der Waals surface area contributed by atoms with Gasteiger partial charge in [-0.2, -0.15) is 5.10 Å². The fourth-order valence-electron chi connectivity index (χ4n) is 2.94. The molecule has 2 aromatic carbocycles. The van der Waals surface area contributed by atoms with E-state index in [4.69, 9.17) is 4.74 Å². The highest BCUT2D eigenvalue weighted by atomic mass is 19.3. The van der Waals surface area contributed by atoms with Gasteiger partial charge < -0.3 is 10.1 Å². The quantitative estimate of drug-likeness (QED) is 0.502. The molecular weight excluding hydrogens is 350 g/mol. The Bertz CT molecular complexity index is 1080. The number of hydrogen-bond acceptors (Lipinski definition) is 4. The maximum Gasteiger partial charge on any atom is 0.263 e. The molecule has 0 radical (unpaired) electrons. The summed E-state index contributed by atoms with van der Waals surface area (Å²) in [6.07, 6.45) is 2.60. The van der Waals surface area contributed by atoms with Gasteiger partial charge in [-0.25, -0.2) is 8.78 Å². The van der Waals surface area contributed by atoms with E-state index in [1.54, 1.807) is 37.8 Å². The predicted octanol–water partition coefficient (Wildman–Crippen LogP) is 5.31. The summed E-state index contributed by atoms with van der Waals surface area (Å²) >= 11 is 0. The van der Waals surface area contributed by atoms with Gasteiger partial charge in [0.1, 0.15) is 5.75 Å². The Morgan fingerprint density at radius 3 is 2.67 bits per heavy atom. The van der Waals surface area contributed by atoms with Crippen LogP contribution in [0.2, 0.25) is 0 Å². The molecule has 7 heteroatoms. The van der Waals surface area contributed by atoms with Crippen LogP contribution in [0.15, 0.2) is 61.1 Å². The van der Waals surface area contributed by atoms with Crippen molar-refractivity contribution in [2.75, 3.05) is 12.4 Å². The van der Waals surface area contributed by atoms with Crippen molar-refractivity contribution in [1.82, 2.24) is 15.2 Å². The van der Waals surface area contributed by atoms with Crippen molar-refractivity contribution in [3.63, 3.8) is 0 Å². The van der Waals surface area contributed by atoms with E-state index in [1.165, 1.54) is 12.1 Å². The zero-order valence-electron chi connectivity index (χ0n) is 14.4. The number of fused-ring (bicyclic) bond motifs is 1. The van der Waals surface area contributed by atoms with Gasteiger partial charge >= 0.3 is 0 Å². The standard InChI is InChI=1S/C20H16F2N4O/c1-27-19-9-12(14-10-24-25-11-14)3-5-17(19)26-16-6-7-23-18-8-13(20(21)22)2-4-15(16)18/h2-11,20H,1H3,(H,23,26)(H,24,25). The summed E-state index contributed by atoms with van der Waals surface area (Å²) in [7, 11) is 1.60. The number of aromatic amines is 1. The average molecular weight is 366 g/mol. The number of rotatable bonds is 5. The summed E-state index contributed by atoms with van der Waals surface area (Å²) in [5.74, 6) is 0.655. The summed E-state index contributed by atoms with van der Waals surface area (Å²) in [5, 5.41) is 10.8. The smallest absolute Gasteiger partial charge is 0.263 e. The number of methoxy groups -OCH3 is 1. The van der Waals surface area contributed by atoms with Gasteiger partial charge in [-0.05, 0) is 29.8 Å². The van der Waals surface area contributed by atoms with Crippen LogP contribution in [0.25, 0.3) is 22.0 Å². The van der Waals surface area contributed by atoms with Crippen LogP contribution in [-0.2, 0) is 0 Å². The van der Waals surface area contributed by atoms with Gasteiger partial charge in [0.05, 0.1) is 24.5 Å². The van der Waals surface area contributed by atoms with E-state index in [9.17, 15) is 8.78 Å². The molecule has 136 valence electrons. The second kappa shape index (κ2) is 7.03. The Hall–Kier alpha value is -3.48. The number of anilines is 2. The van der Waals surface area contributed by atoms with Crippen molar-refractivity contribution in [1.29, 1.82) is 0 Å².